The molecule has 1 aromatic heterocycles. The highest BCUT2D eigenvalue weighted by Gasteiger charge is 2.41. The van der Waals surface area contributed by atoms with Gasteiger partial charge in [-0.1, -0.05) is 79.2 Å². The van der Waals surface area contributed by atoms with Crippen molar-refractivity contribution in [2.45, 2.75) is 51.5 Å². The fourth-order valence-electron chi connectivity index (χ4n) is 6.16. The van der Waals surface area contributed by atoms with Crippen LogP contribution in [0, 0.1) is 6.92 Å². The molecule has 1 heterocycles. The number of ether oxygens (including phenoxy) is 1. The first-order valence-corrected chi connectivity index (χ1v) is 16.3. The fourth-order valence-corrected chi connectivity index (χ4v) is 6.28. The Kier molecular flexibility index (Phi) is 12.0. The van der Waals surface area contributed by atoms with Gasteiger partial charge in [-0.25, -0.2) is 0 Å². The maximum absolute atomic E-state index is 13.2. The van der Waals surface area contributed by atoms with Crippen molar-refractivity contribution in [3.63, 3.8) is 0 Å². The topological polar surface area (TPSA) is 88.8 Å². The van der Waals surface area contributed by atoms with Gasteiger partial charge >= 0.3 is 5.97 Å². The molecule has 0 aliphatic rings. The molecule has 0 aliphatic carbocycles. The van der Waals surface area contributed by atoms with Crippen molar-refractivity contribution in [2.24, 2.45) is 0 Å². The SMILES string of the molecule is CCC(=O)C(CC(C)N(C)C)(c1ccccc1)c1ccccc1.COc1ccc2c(c1)c(CC(=O)O)c(C)n2C(=O)c1ccc(Cl)cc1. The number of halogens is 1. The minimum Gasteiger partial charge on any atom is -0.497 e. The summed E-state index contributed by atoms with van der Waals surface area (Å²) in [6.45, 7) is 5.89. The Labute approximate surface area is 287 Å². The van der Waals surface area contributed by atoms with Gasteiger partial charge in [0.15, 0.2) is 0 Å². The lowest BCUT2D eigenvalue weighted by Crippen LogP contribution is -2.42. The molecule has 1 atom stereocenters. The second-order valence-electron chi connectivity index (χ2n) is 12.1. The molecule has 0 saturated heterocycles. The molecule has 0 radical (unpaired) electrons. The van der Waals surface area contributed by atoms with Gasteiger partial charge in [-0.2, -0.15) is 0 Å². The van der Waals surface area contributed by atoms with Crippen LogP contribution in [0.25, 0.3) is 10.9 Å². The standard InChI is InChI=1S/C21H27NO.C19H16ClNO4/c1-5-20(23)21(16-17(2)22(3)4,18-12-8-6-9-13-18)19-14-10-7-11-15-19;1-11-15(10-18(22)23)16-9-14(25-2)7-8-17(16)21(11)19(24)12-3-5-13(20)6-4-12/h6-15,17H,5,16H2,1-4H3;3-9H,10H2,1-2H3,(H,22,23). The Hall–Kier alpha value is -4.72. The van der Waals surface area contributed by atoms with Crippen LogP contribution >= 0.6 is 11.6 Å². The average Bonchev–Trinajstić information content (AvgIpc) is 3.36. The molecule has 7 nitrogen and oxygen atoms in total. The van der Waals surface area contributed by atoms with E-state index in [1.165, 1.54) is 4.57 Å². The Bertz CT molecular complexity index is 1830. The first-order chi connectivity index (χ1) is 22.9. The first kappa shape index (κ1) is 36.1. The van der Waals surface area contributed by atoms with Crippen LogP contribution in [0.4, 0.5) is 0 Å². The number of rotatable bonds is 11. The minimum atomic E-state index is -0.955. The largest absolute Gasteiger partial charge is 0.497 e. The van der Waals surface area contributed by atoms with Gasteiger partial charge < -0.3 is 14.7 Å². The van der Waals surface area contributed by atoms with Crippen molar-refractivity contribution in [3.05, 3.63) is 136 Å². The van der Waals surface area contributed by atoms with E-state index in [0.717, 1.165) is 17.5 Å². The van der Waals surface area contributed by atoms with Crippen LogP contribution in [0.5, 0.6) is 5.75 Å². The number of carboxylic acid groups (broad SMARTS) is 1. The van der Waals surface area contributed by atoms with Crippen LogP contribution in [0.1, 0.15) is 59.4 Å². The summed E-state index contributed by atoms with van der Waals surface area (Å²) in [6.07, 6.45) is 1.14. The van der Waals surface area contributed by atoms with Crippen LogP contribution in [-0.2, 0) is 21.4 Å². The molecule has 1 unspecified atom stereocenters. The fraction of sp³-hybridized carbons (Fsp3) is 0.275. The third-order valence-corrected chi connectivity index (χ3v) is 9.23. The van der Waals surface area contributed by atoms with Crippen LogP contribution in [-0.4, -0.2) is 59.5 Å². The van der Waals surface area contributed by atoms with Crippen LogP contribution < -0.4 is 4.74 Å². The molecular formula is C40H43ClN2O5. The maximum atomic E-state index is 13.2. The highest BCUT2D eigenvalue weighted by Crippen LogP contribution is 2.39. The van der Waals surface area contributed by atoms with E-state index in [4.69, 9.17) is 16.3 Å². The highest BCUT2D eigenvalue weighted by atomic mass is 35.5. The van der Waals surface area contributed by atoms with E-state index < -0.39 is 11.4 Å². The number of hydrogen-bond acceptors (Lipinski definition) is 5. The second-order valence-corrected chi connectivity index (χ2v) is 12.5. The minimum absolute atomic E-state index is 0.170. The molecular weight excluding hydrogens is 624 g/mol. The maximum Gasteiger partial charge on any atom is 0.307 e. The molecule has 5 rings (SSSR count). The number of benzene rings is 4. The van der Waals surface area contributed by atoms with Gasteiger partial charge in [-0.05, 0) is 93.5 Å². The Morgan fingerprint density at radius 3 is 1.94 bits per heavy atom. The number of hydrogen-bond donors (Lipinski definition) is 1. The summed E-state index contributed by atoms with van der Waals surface area (Å²) in [5, 5.41) is 10.5. The van der Waals surface area contributed by atoms with Crippen LogP contribution in [0.15, 0.2) is 103 Å². The van der Waals surface area contributed by atoms with Gasteiger partial charge in [0.25, 0.3) is 5.91 Å². The third-order valence-electron chi connectivity index (χ3n) is 8.98. The summed E-state index contributed by atoms with van der Waals surface area (Å²) in [4.78, 5) is 39.6. The summed E-state index contributed by atoms with van der Waals surface area (Å²) in [5.74, 6) is -0.302. The summed E-state index contributed by atoms with van der Waals surface area (Å²) in [7, 11) is 5.68. The zero-order valence-electron chi connectivity index (χ0n) is 28.4. The van der Waals surface area contributed by atoms with Gasteiger partial charge in [0.05, 0.1) is 24.5 Å². The van der Waals surface area contributed by atoms with Crippen molar-refractivity contribution < 1.29 is 24.2 Å². The predicted octanol–water partition coefficient (Wildman–Crippen LogP) is 8.22. The Morgan fingerprint density at radius 1 is 0.896 bits per heavy atom. The molecule has 0 bridgehead atoms. The molecule has 5 aromatic rings. The molecule has 250 valence electrons. The average molecular weight is 667 g/mol. The Morgan fingerprint density at radius 2 is 1.46 bits per heavy atom. The van der Waals surface area contributed by atoms with E-state index in [9.17, 15) is 19.5 Å². The van der Waals surface area contributed by atoms with Gasteiger partial charge in [0.2, 0.25) is 0 Å². The normalized spacial score (nSPS) is 11.9. The number of nitrogens with zero attached hydrogens (tertiary/aromatic N) is 2. The molecule has 0 fully saturated rings. The lowest BCUT2D eigenvalue weighted by Gasteiger charge is -2.37. The zero-order valence-corrected chi connectivity index (χ0v) is 29.1. The number of methoxy groups -OCH3 is 1. The van der Waals surface area contributed by atoms with Gasteiger partial charge in [-0.15, -0.1) is 0 Å². The van der Waals surface area contributed by atoms with Crippen molar-refractivity contribution in [2.75, 3.05) is 21.2 Å². The smallest absolute Gasteiger partial charge is 0.307 e. The van der Waals surface area contributed by atoms with Crippen molar-refractivity contribution in [3.8, 4) is 5.75 Å². The van der Waals surface area contributed by atoms with Gasteiger partial charge in [0, 0.05) is 34.1 Å². The summed E-state index contributed by atoms with van der Waals surface area (Å²) in [6, 6.07) is 32.6. The monoisotopic (exact) mass is 666 g/mol. The van der Waals surface area contributed by atoms with Crippen molar-refractivity contribution in [1.82, 2.24) is 9.47 Å². The predicted molar refractivity (Wildman–Crippen MR) is 192 cm³/mol. The van der Waals surface area contributed by atoms with E-state index in [1.807, 2.05) is 43.3 Å². The second kappa shape index (κ2) is 15.9. The van der Waals surface area contributed by atoms with Crippen molar-refractivity contribution in [1.29, 1.82) is 0 Å². The van der Waals surface area contributed by atoms with E-state index >= 15 is 0 Å². The number of fused-ring (bicyclic) bond motifs is 1. The molecule has 0 saturated carbocycles. The quantitative estimate of drug-likeness (QED) is 0.153. The van der Waals surface area contributed by atoms with E-state index in [-0.39, 0.29) is 18.1 Å². The summed E-state index contributed by atoms with van der Waals surface area (Å²) in [5.41, 5.74) is 3.92. The lowest BCUT2D eigenvalue weighted by molar-refractivity contribution is -0.136. The van der Waals surface area contributed by atoms with Crippen molar-refractivity contribution >= 4 is 40.2 Å². The summed E-state index contributed by atoms with van der Waals surface area (Å²) >= 11 is 5.89. The van der Waals surface area contributed by atoms with E-state index in [1.54, 1.807) is 56.5 Å². The highest BCUT2D eigenvalue weighted by molar-refractivity contribution is 6.30. The number of aromatic nitrogens is 1. The number of carboxylic acids is 1. The van der Waals surface area contributed by atoms with Crippen LogP contribution in [0.3, 0.4) is 0 Å². The number of Topliss-reactive ketones (excluding diaryl/α,β-unsaturated/α-hetero) is 1. The molecule has 0 aliphatic heterocycles. The van der Waals surface area contributed by atoms with Gasteiger partial charge in [-0.3, -0.25) is 19.0 Å². The first-order valence-electron chi connectivity index (χ1n) is 15.9. The molecule has 4 aromatic carbocycles. The molecule has 0 spiro atoms. The van der Waals surface area contributed by atoms with Gasteiger partial charge in [0.1, 0.15) is 11.5 Å². The number of ketones is 1. The zero-order chi connectivity index (χ0) is 35.0. The lowest BCUT2D eigenvalue weighted by atomic mass is 9.67. The van der Waals surface area contributed by atoms with E-state index in [2.05, 4.69) is 50.2 Å². The molecule has 0 amide bonds. The molecule has 8 heteroatoms. The molecule has 1 N–H and O–H groups in total. The molecule has 48 heavy (non-hydrogen) atoms. The van der Waals surface area contributed by atoms with E-state index in [0.29, 0.717) is 51.0 Å². The summed E-state index contributed by atoms with van der Waals surface area (Å²) < 4.78 is 6.77. The number of carbonyl (C=O) groups is 3. The number of carbonyl (C=O) groups excluding carboxylic acids is 2. The Balaban J connectivity index is 0.000000218. The van der Waals surface area contributed by atoms with Crippen LogP contribution in [0.2, 0.25) is 5.02 Å². The third kappa shape index (κ3) is 7.70. The number of aliphatic carboxylic acids is 1.